The molecule has 0 aliphatic carbocycles. The van der Waals surface area contributed by atoms with Crippen LogP contribution in [0.1, 0.15) is 16.1 Å². The van der Waals surface area contributed by atoms with Crippen molar-refractivity contribution in [2.75, 3.05) is 7.05 Å². The van der Waals surface area contributed by atoms with Crippen molar-refractivity contribution in [2.24, 2.45) is 0 Å². The van der Waals surface area contributed by atoms with Gasteiger partial charge < -0.3 is 10.3 Å². The third-order valence-corrected chi connectivity index (χ3v) is 2.34. The zero-order valence-electron chi connectivity index (χ0n) is 9.57. The second kappa shape index (κ2) is 5.51. The van der Waals surface area contributed by atoms with Gasteiger partial charge >= 0.3 is 0 Å². The quantitative estimate of drug-likeness (QED) is 0.810. The molecule has 0 atom stereocenters. The van der Waals surface area contributed by atoms with Crippen LogP contribution in [0.2, 0.25) is 0 Å². The van der Waals surface area contributed by atoms with Gasteiger partial charge in [-0.25, -0.2) is 4.98 Å². The molecule has 0 bridgehead atoms. The van der Waals surface area contributed by atoms with Crippen LogP contribution in [-0.2, 0) is 32.7 Å². The molecule has 5 nitrogen and oxygen atoms in total. The van der Waals surface area contributed by atoms with Gasteiger partial charge in [0.2, 0.25) is 5.43 Å². The second-order valence-corrected chi connectivity index (χ2v) is 3.46. The van der Waals surface area contributed by atoms with Crippen molar-refractivity contribution >= 4 is 16.9 Å². The molecule has 17 heavy (non-hydrogen) atoms. The fraction of sp³-hybridized carbons (Fsp3) is 0.182. The van der Waals surface area contributed by atoms with E-state index in [4.69, 9.17) is 0 Å². The van der Waals surface area contributed by atoms with Crippen molar-refractivity contribution in [1.82, 2.24) is 15.3 Å². The van der Waals surface area contributed by atoms with Crippen molar-refractivity contribution in [3.63, 3.8) is 0 Å². The Hall–Kier alpha value is -1.07. The maximum atomic E-state index is 11.9. The Kier molecular flexibility index (Phi) is 4.54. The zero-order chi connectivity index (χ0) is 11.7. The molecule has 85 valence electrons. The third-order valence-electron chi connectivity index (χ3n) is 2.34. The van der Waals surface area contributed by atoms with E-state index in [0.717, 1.165) is 5.69 Å². The Morgan fingerprint density at radius 2 is 2.12 bits per heavy atom. The molecule has 1 amide bonds. The van der Waals surface area contributed by atoms with Gasteiger partial charge in [-0.2, -0.15) is 0 Å². The second-order valence-electron chi connectivity index (χ2n) is 3.46. The number of carbonyl (C=O) groups is 1. The van der Waals surface area contributed by atoms with E-state index in [1.165, 1.54) is 13.2 Å². The number of nitrogens with zero attached hydrogens (tertiary/aromatic N) is 1. The van der Waals surface area contributed by atoms with Crippen LogP contribution < -0.4 is 10.7 Å². The number of hydrogen-bond donors (Lipinski definition) is 2. The summed E-state index contributed by atoms with van der Waals surface area (Å²) >= 11 is 0. The van der Waals surface area contributed by atoms with E-state index >= 15 is 0 Å². The molecule has 2 N–H and O–H groups in total. The Morgan fingerprint density at radius 3 is 2.76 bits per heavy atom. The molecule has 2 heterocycles. The van der Waals surface area contributed by atoms with E-state index in [0.29, 0.717) is 11.0 Å². The van der Waals surface area contributed by atoms with E-state index < -0.39 is 5.91 Å². The molecular weight excluding hydrogens is 295 g/mol. The Labute approximate surface area is 123 Å². The Bertz CT molecular complexity index is 622. The molecule has 0 saturated carbocycles. The summed E-state index contributed by atoms with van der Waals surface area (Å²) in [5, 5.41) is 2.41. The molecule has 0 aliphatic rings. The van der Waals surface area contributed by atoms with Crippen LogP contribution >= 0.6 is 0 Å². The van der Waals surface area contributed by atoms with E-state index in [-0.39, 0.29) is 43.7 Å². The topological polar surface area (TPSA) is 74.8 Å². The number of hydrogen-bond acceptors (Lipinski definition) is 3. The van der Waals surface area contributed by atoms with Crippen molar-refractivity contribution in [1.29, 1.82) is 0 Å². The average Bonchev–Trinajstić information content (AvgIpc) is 2.29. The van der Waals surface area contributed by atoms with Crippen LogP contribution in [0.3, 0.4) is 0 Å². The Morgan fingerprint density at radius 1 is 1.41 bits per heavy atom. The molecule has 0 spiro atoms. The summed E-state index contributed by atoms with van der Waals surface area (Å²) in [6.07, 6.45) is 1.40. The molecule has 0 saturated heterocycles. The van der Waals surface area contributed by atoms with Gasteiger partial charge in [-0.15, -0.1) is 0 Å². The predicted octanol–water partition coefficient (Wildman–Crippen LogP) is 0.589. The number of H-pyrrole nitrogens is 1. The summed E-state index contributed by atoms with van der Waals surface area (Å²) in [4.78, 5) is 30.3. The first-order chi connectivity index (χ1) is 7.63. The summed E-state index contributed by atoms with van der Waals surface area (Å²) in [5.74, 6) is -0.411. The minimum absolute atomic E-state index is 0. The fourth-order valence-corrected chi connectivity index (χ4v) is 1.49. The molecule has 2 aromatic heterocycles. The van der Waals surface area contributed by atoms with Crippen LogP contribution in [0.25, 0.3) is 11.0 Å². The number of nitrogens with one attached hydrogen (secondary N) is 2. The van der Waals surface area contributed by atoms with Crippen molar-refractivity contribution in [2.45, 2.75) is 6.92 Å². The van der Waals surface area contributed by atoms with Crippen molar-refractivity contribution in [3.8, 4) is 0 Å². The number of aromatic nitrogens is 2. The van der Waals surface area contributed by atoms with Gasteiger partial charge in [0.15, 0.2) is 0 Å². The number of aromatic amines is 1. The van der Waals surface area contributed by atoms with Gasteiger partial charge in [0, 0.05) is 51.6 Å². The van der Waals surface area contributed by atoms with Gasteiger partial charge in [0.05, 0.1) is 5.52 Å². The number of pyridine rings is 2. The van der Waals surface area contributed by atoms with E-state index in [2.05, 4.69) is 15.3 Å². The number of amides is 1. The predicted molar refractivity (Wildman–Crippen MR) is 60.5 cm³/mol. The summed E-state index contributed by atoms with van der Waals surface area (Å²) < 4.78 is 0. The average molecular weight is 306 g/mol. The summed E-state index contributed by atoms with van der Waals surface area (Å²) in [7, 11) is 1.48. The van der Waals surface area contributed by atoms with Crippen LogP contribution in [0, 0.1) is 6.92 Å². The first-order valence-corrected chi connectivity index (χ1v) is 4.84. The van der Waals surface area contributed by atoms with Gasteiger partial charge in [-0.3, -0.25) is 9.59 Å². The SMILES string of the molecule is CNC(=O)c1c[nH]c2ccc(C)nc2c1=O.[Y]. The molecule has 0 fully saturated rings. The standard InChI is InChI=1S/C11H11N3O2.Y/c1-6-3-4-8-9(14-6)10(15)7(5-13-8)11(16)12-2;/h3-5H,1-2H3,(H,12,16)(H,13,15);. The van der Waals surface area contributed by atoms with Gasteiger partial charge in [0.1, 0.15) is 11.1 Å². The minimum atomic E-state index is -0.411. The number of aryl methyl sites for hydroxylation is 1. The van der Waals surface area contributed by atoms with Gasteiger partial charge in [-0.1, -0.05) is 0 Å². The molecule has 2 aromatic rings. The summed E-state index contributed by atoms with van der Waals surface area (Å²) in [6.45, 7) is 1.80. The van der Waals surface area contributed by atoms with Crippen molar-refractivity contribution in [3.05, 3.63) is 39.8 Å². The first kappa shape index (κ1) is 14.0. The van der Waals surface area contributed by atoms with Crippen molar-refractivity contribution < 1.29 is 37.5 Å². The summed E-state index contributed by atoms with van der Waals surface area (Å²) in [5.41, 5.74) is 1.39. The largest absolute Gasteiger partial charge is 0.359 e. The summed E-state index contributed by atoms with van der Waals surface area (Å²) in [6, 6.07) is 3.57. The molecular formula is C11H11N3O2Y. The van der Waals surface area contributed by atoms with Crippen LogP contribution in [-0.4, -0.2) is 22.9 Å². The minimum Gasteiger partial charge on any atom is -0.359 e. The van der Waals surface area contributed by atoms with Gasteiger partial charge in [0.25, 0.3) is 5.91 Å². The normalized spacial score (nSPS) is 9.76. The monoisotopic (exact) mass is 306 g/mol. The molecule has 0 unspecified atom stereocenters. The third kappa shape index (κ3) is 2.61. The molecule has 0 aliphatic heterocycles. The van der Waals surface area contributed by atoms with Crippen LogP contribution in [0.5, 0.6) is 0 Å². The van der Waals surface area contributed by atoms with Crippen LogP contribution in [0.4, 0.5) is 0 Å². The maximum absolute atomic E-state index is 11.9. The molecule has 0 aromatic carbocycles. The molecule has 1 radical (unpaired) electrons. The molecule has 6 heteroatoms. The number of fused-ring (bicyclic) bond motifs is 1. The fourth-order valence-electron chi connectivity index (χ4n) is 1.49. The first-order valence-electron chi connectivity index (χ1n) is 4.84. The van der Waals surface area contributed by atoms with Gasteiger partial charge in [-0.05, 0) is 19.1 Å². The number of carbonyl (C=O) groups excluding carboxylic acids is 1. The zero-order valence-corrected chi connectivity index (χ0v) is 12.4. The maximum Gasteiger partial charge on any atom is 0.256 e. The van der Waals surface area contributed by atoms with Crippen LogP contribution in [0.15, 0.2) is 23.1 Å². The van der Waals surface area contributed by atoms with E-state index in [1.54, 1.807) is 19.1 Å². The van der Waals surface area contributed by atoms with E-state index in [1.807, 2.05) is 0 Å². The smallest absolute Gasteiger partial charge is 0.256 e. The Balaban J connectivity index is 0.00000144. The van der Waals surface area contributed by atoms with E-state index in [9.17, 15) is 9.59 Å². The number of rotatable bonds is 1. The molecule has 2 rings (SSSR count).